The van der Waals surface area contributed by atoms with Crippen LogP contribution in [0.3, 0.4) is 0 Å². The molecular formula is C21H16Cl2F4N2O2. The molecule has 1 saturated heterocycles. The number of alkyl halides is 3. The third-order valence-electron chi connectivity index (χ3n) is 6.12. The maximum absolute atomic E-state index is 14.2. The zero-order chi connectivity index (χ0) is 22.2. The highest BCUT2D eigenvalue weighted by atomic mass is 35.5. The zero-order valence-corrected chi connectivity index (χ0v) is 17.7. The Balaban J connectivity index is 1.49. The predicted molar refractivity (Wildman–Crippen MR) is 107 cm³/mol. The van der Waals surface area contributed by atoms with Crippen LogP contribution in [0.2, 0.25) is 10.0 Å². The van der Waals surface area contributed by atoms with E-state index in [-0.39, 0.29) is 11.3 Å². The van der Waals surface area contributed by atoms with Crippen LogP contribution in [0, 0.1) is 5.82 Å². The van der Waals surface area contributed by atoms with E-state index in [1.165, 1.54) is 0 Å². The average Bonchev–Trinajstić information content (AvgIpc) is 3.29. The first-order valence-corrected chi connectivity index (χ1v) is 10.2. The van der Waals surface area contributed by atoms with Crippen molar-refractivity contribution in [3.8, 4) is 0 Å². The molecule has 0 bridgehead atoms. The van der Waals surface area contributed by atoms with Gasteiger partial charge in [-0.15, -0.1) is 0 Å². The number of oxime groups is 1. The van der Waals surface area contributed by atoms with Crippen LogP contribution in [0.5, 0.6) is 0 Å². The number of likely N-dealkylation sites (tertiary alicyclic amines) is 1. The predicted octanol–water partition coefficient (Wildman–Crippen LogP) is 5.39. The summed E-state index contributed by atoms with van der Waals surface area (Å²) in [6.45, 7) is 1.93. The fourth-order valence-electron chi connectivity index (χ4n) is 4.57. The summed E-state index contributed by atoms with van der Waals surface area (Å²) in [5.41, 5.74) is -0.944. The molecule has 2 aromatic carbocycles. The monoisotopic (exact) mass is 474 g/mol. The molecule has 0 aliphatic carbocycles. The molecule has 31 heavy (non-hydrogen) atoms. The Morgan fingerprint density at radius 2 is 1.77 bits per heavy atom. The van der Waals surface area contributed by atoms with Gasteiger partial charge in [-0.25, -0.2) is 4.39 Å². The summed E-state index contributed by atoms with van der Waals surface area (Å²) >= 11 is 11.5. The van der Waals surface area contributed by atoms with E-state index in [0.717, 1.165) is 36.3 Å². The van der Waals surface area contributed by atoms with Gasteiger partial charge in [-0.05, 0) is 41.9 Å². The molecule has 2 aromatic rings. The van der Waals surface area contributed by atoms with Gasteiger partial charge in [0.1, 0.15) is 5.60 Å². The molecule has 0 saturated carbocycles. The third kappa shape index (κ3) is 3.07. The van der Waals surface area contributed by atoms with Gasteiger partial charge < -0.3 is 9.57 Å². The van der Waals surface area contributed by atoms with Crippen LogP contribution in [0.1, 0.15) is 28.7 Å². The van der Waals surface area contributed by atoms with Crippen molar-refractivity contribution in [3.63, 3.8) is 0 Å². The molecule has 0 amide bonds. The van der Waals surface area contributed by atoms with Gasteiger partial charge in [-0.2, -0.15) is 13.2 Å². The highest BCUT2D eigenvalue weighted by Crippen LogP contribution is 2.50. The first kappa shape index (κ1) is 21.0. The molecule has 164 valence electrons. The quantitative estimate of drug-likeness (QED) is 0.432. The first-order chi connectivity index (χ1) is 14.5. The third-order valence-corrected chi connectivity index (χ3v) is 6.67. The van der Waals surface area contributed by atoms with Gasteiger partial charge in [0, 0.05) is 25.1 Å². The van der Waals surface area contributed by atoms with Crippen LogP contribution in [0.15, 0.2) is 35.5 Å². The lowest BCUT2D eigenvalue weighted by molar-refractivity contribution is -0.275. The maximum atomic E-state index is 14.2. The minimum Gasteiger partial charge on any atom is -0.374 e. The Morgan fingerprint density at radius 1 is 1.10 bits per heavy atom. The largest absolute Gasteiger partial charge is 0.435 e. The number of nitrogens with zero attached hydrogens (tertiary/aromatic N) is 2. The second kappa shape index (κ2) is 6.81. The van der Waals surface area contributed by atoms with Gasteiger partial charge in [0.15, 0.2) is 5.82 Å². The van der Waals surface area contributed by atoms with Crippen molar-refractivity contribution in [1.29, 1.82) is 0 Å². The summed E-state index contributed by atoms with van der Waals surface area (Å²) < 4.78 is 62.2. The molecule has 0 N–H and O–H groups in total. The second-order valence-electron chi connectivity index (χ2n) is 8.21. The van der Waals surface area contributed by atoms with Gasteiger partial charge in [-0.3, -0.25) is 4.90 Å². The SMILES string of the molecule is CN1CC2(C1)OCc1cc(C3=NOC(c4cc(Cl)c(F)c(Cl)c4)(C(F)(F)F)C3)ccc12. The molecule has 3 aliphatic heterocycles. The molecule has 4 nitrogen and oxygen atoms in total. The zero-order valence-electron chi connectivity index (χ0n) is 16.2. The highest BCUT2D eigenvalue weighted by Gasteiger charge is 2.62. The Labute approximate surface area is 185 Å². The fourth-order valence-corrected chi connectivity index (χ4v) is 5.05. The van der Waals surface area contributed by atoms with Crippen molar-refractivity contribution >= 4 is 28.9 Å². The molecule has 0 aromatic heterocycles. The molecule has 10 heteroatoms. The van der Waals surface area contributed by atoms with Crippen molar-refractivity contribution in [2.75, 3.05) is 20.1 Å². The minimum atomic E-state index is -4.84. The Kier molecular flexibility index (Phi) is 4.61. The number of fused-ring (bicyclic) bond motifs is 2. The molecule has 1 spiro atoms. The van der Waals surface area contributed by atoms with Crippen LogP contribution in [-0.2, 0) is 27.4 Å². The van der Waals surface area contributed by atoms with Gasteiger partial charge in [0.2, 0.25) is 0 Å². The number of benzene rings is 2. The number of halogens is 6. The molecule has 1 atom stereocenters. The number of hydrogen-bond acceptors (Lipinski definition) is 4. The van der Waals surface area contributed by atoms with E-state index in [2.05, 4.69) is 10.1 Å². The van der Waals surface area contributed by atoms with E-state index in [1.807, 2.05) is 13.1 Å². The van der Waals surface area contributed by atoms with Gasteiger partial charge in [0.25, 0.3) is 5.60 Å². The van der Waals surface area contributed by atoms with E-state index in [1.54, 1.807) is 12.1 Å². The smallest absolute Gasteiger partial charge is 0.374 e. The van der Waals surface area contributed by atoms with E-state index in [9.17, 15) is 17.6 Å². The first-order valence-electron chi connectivity index (χ1n) is 9.48. The molecule has 3 heterocycles. The van der Waals surface area contributed by atoms with Crippen LogP contribution in [-0.4, -0.2) is 36.9 Å². The maximum Gasteiger partial charge on any atom is 0.435 e. The Hall–Kier alpha value is -1.87. The summed E-state index contributed by atoms with van der Waals surface area (Å²) in [7, 11) is 2.00. The normalized spacial score (nSPS) is 24.7. The van der Waals surface area contributed by atoms with E-state index >= 15 is 0 Å². The van der Waals surface area contributed by atoms with Crippen molar-refractivity contribution in [3.05, 3.63) is 68.4 Å². The lowest BCUT2D eigenvalue weighted by Crippen LogP contribution is -2.57. The summed E-state index contributed by atoms with van der Waals surface area (Å²) in [5.74, 6) is -0.988. The standard InChI is InChI=1S/C21H16Cl2F4N2O2/c1-29-9-19(10-29)14-3-2-11(4-12(14)8-30-19)17-7-20(31-28-17,21(25,26)27)13-5-15(22)18(24)16(23)6-13/h2-6H,7-10H2,1H3. The van der Waals surface area contributed by atoms with E-state index < -0.39 is 39.6 Å². The summed E-state index contributed by atoms with van der Waals surface area (Å²) in [6.07, 6.45) is -5.44. The van der Waals surface area contributed by atoms with Crippen molar-refractivity contribution < 1.29 is 27.1 Å². The summed E-state index contributed by atoms with van der Waals surface area (Å²) in [5, 5.41) is 2.72. The minimum absolute atomic E-state index is 0.128. The van der Waals surface area contributed by atoms with E-state index in [4.69, 9.17) is 32.8 Å². The topological polar surface area (TPSA) is 34.1 Å². The summed E-state index contributed by atoms with van der Waals surface area (Å²) in [6, 6.07) is 7.16. The number of hydrogen-bond donors (Lipinski definition) is 0. The molecule has 1 fully saturated rings. The van der Waals surface area contributed by atoms with Crippen LogP contribution < -0.4 is 0 Å². The van der Waals surface area contributed by atoms with Crippen LogP contribution in [0.4, 0.5) is 17.6 Å². The number of rotatable bonds is 2. The molecule has 3 aliphatic rings. The van der Waals surface area contributed by atoms with Crippen LogP contribution >= 0.6 is 23.2 Å². The number of ether oxygens (including phenoxy) is 1. The van der Waals surface area contributed by atoms with Gasteiger partial charge in [0.05, 0.1) is 22.4 Å². The fraction of sp³-hybridized carbons (Fsp3) is 0.381. The summed E-state index contributed by atoms with van der Waals surface area (Å²) in [4.78, 5) is 7.13. The van der Waals surface area contributed by atoms with E-state index in [0.29, 0.717) is 12.2 Å². The second-order valence-corrected chi connectivity index (χ2v) is 9.03. The lowest BCUT2D eigenvalue weighted by Gasteiger charge is -2.45. The Bertz CT molecular complexity index is 1090. The molecule has 1 unspecified atom stereocenters. The molecule has 5 rings (SSSR count). The van der Waals surface area contributed by atoms with Crippen molar-refractivity contribution in [1.82, 2.24) is 4.90 Å². The van der Waals surface area contributed by atoms with Crippen LogP contribution in [0.25, 0.3) is 0 Å². The molecular weight excluding hydrogens is 459 g/mol. The Morgan fingerprint density at radius 3 is 2.39 bits per heavy atom. The lowest BCUT2D eigenvalue weighted by atomic mass is 9.83. The van der Waals surface area contributed by atoms with Crippen molar-refractivity contribution in [2.45, 2.75) is 30.4 Å². The van der Waals surface area contributed by atoms with Gasteiger partial charge in [-0.1, -0.05) is 40.5 Å². The number of likely N-dealkylation sites (N-methyl/N-ethyl adjacent to an activating group) is 1. The molecule has 0 radical (unpaired) electrons. The average molecular weight is 475 g/mol. The van der Waals surface area contributed by atoms with Crippen molar-refractivity contribution in [2.24, 2.45) is 5.16 Å². The highest BCUT2D eigenvalue weighted by molar-refractivity contribution is 6.35. The van der Waals surface area contributed by atoms with Gasteiger partial charge >= 0.3 is 6.18 Å².